The Morgan fingerprint density at radius 3 is 2.95 bits per heavy atom. The fourth-order valence-electron chi connectivity index (χ4n) is 2.39. The van der Waals surface area contributed by atoms with E-state index in [1.54, 1.807) is 4.90 Å². The fourth-order valence-corrected chi connectivity index (χ4v) is 2.77. The number of likely N-dealkylation sites (tertiary alicyclic amines) is 1. The first-order valence-corrected chi connectivity index (χ1v) is 7.35. The largest absolute Gasteiger partial charge is 0.409 e. The molecule has 1 fully saturated rings. The number of nitrogens with two attached hydrogens (primary N) is 1. The zero-order valence-corrected chi connectivity index (χ0v) is 12.9. The van der Waals surface area contributed by atoms with E-state index in [-0.39, 0.29) is 17.7 Å². The molecule has 1 unspecified atom stereocenters. The number of halogens is 1. The highest BCUT2D eigenvalue weighted by molar-refractivity contribution is 9.10. The van der Waals surface area contributed by atoms with Crippen molar-refractivity contribution in [1.29, 1.82) is 0 Å². The van der Waals surface area contributed by atoms with Gasteiger partial charge in [0, 0.05) is 29.0 Å². The maximum absolute atomic E-state index is 12.5. The van der Waals surface area contributed by atoms with Gasteiger partial charge in [0.15, 0.2) is 0 Å². The fraction of sp³-hybridized carbons (Fsp3) is 0.429. The molecule has 108 valence electrons. The van der Waals surface area contributed by atoms with Crippen LogP contribution in [0.15, 0.2) is 27.8 Å². The number of rotatable bonds is 2. The second kappa shape index (κ2) is 6.26. The van der Waals surface area contributed by atoms with Gasteiger partial charge in [0.25, 0.3) is 5.91 Å². The normalized spacial score (nSPS) is 20.0. The van der Waals surface area contributed by atoms with Crippen molar-refractivity contribution in [1.82, 2.24) is 4.90 Å². The molecule has 0 aliphatic carbocycles. The standard InChI is InChI=1S/C14H18BrN3O2/c1-9-4-5-10(7-12(9)15)14(19)18-6-2-3-11(8-18)13(16)17-20/h4-5,7,11,20H,2-3,6,8H2,1H3,(H2,16,17). The van der Waals surface area contributed by atoms with E-state index in [0.717, 1.165) is 22.9 Å². The van der Waals surface area contributed by atoms with Crippen molar-refractivity contribution >= 4 is 27.7 Å². The Labute approximate surface area is 126 Å². The van der Waals surface area contributed by atoms with Crippen LogP contribution in [-0.4, -0.2) is 34.9 Å². The van der Waals surface area contributed by atoms with Gasteiger partial charge < -0.3 is 15.8 Å². The van der Waals surface area contributed by atoms with Crippen LogP contribution < -0.4 is 5.73 Å². The van der Waals surface area contributed by atoms with Crippen LogP contribution >= 0.6 is 15.9 Å². The van der Waals surface area contributed by atoms with Crippen LogP contribution in [0.4, 0.5) is 0 Å². The van der Waals surface area contributed by atoms with Crippen molar-refractivity contribution < 1.29 is 10.0 Å². The third-order valence-electron chi connectivity index (χ3n) is 3.66. The predicted molar refractivity (Wildman–Crippen MR) is 80.9 cm³/mol. The van der Waals surface area contributed by atoms with Gasteiger partial charge in [-0.25, -0.2) is 0 Å². The van der Waals surface area contributed by atoms with Crippen LogP contribution in [0.2, 0.25) is 0 Å². The molecule has 1 aromatic rings. The number of piperidine rings is 1. The van der Waals surface area contributed by atoms with Crippen LogP contribution in [-0.2, 0) is 0 Å². The summed E-state index contributed by atoms with van der Waals surface area (Å²) < 4.78 is 0.924. The first-order valence-electron chi connectivity index (χ1n) is 6.55. The van der Waals surface area contributed by atoms with Crippen molar-refractivity contribution in [3.63, 3.8) is 0 Å². The zero-order valence-electron chi connectivity index (χ0n) is 11.3. The van der Waals surface area contributed by atoms with Crippen molar-refractivity contribution in [3.8, 4) is 0 Å². The van der Waals surface area contributed by atoms with Crippen molar-refractivity contribution in [2.45, 2.75) is 19.8 Å². The minimum Gasteiger partial charge on any atom is -0.409 e. The summed E-state index contributed by atoms with van der Waals surface area (Å²) >= 11 is 3.44. The van der Waals surface area contributed by atoms with Gasteiger partial charge in [-0.1, -0.05) is 27.2 Å². The summed E-state index contributed by atoms with van der Waals surface area (Å²) in [6, 6.07) is 5.59. The number of carbonyl (C=O) groups excluding carboxylic acids is 1. The number of oxime groups is 1. The molecule has 1 aromatic carbocycles. The lowest BCUT2D eigenvalue weighted by Crippen LogP contribution is -2.44. The first kappa shape index (κ1) is 14.8. The molecule has 1 aliphatic heterocycles. The van der Waals surface area contributed by atoms with Gasteiger partial charge in [0.05, 0.1) is 0 Å². The van der Waals surface area contributed by atoms with Crippen LogP contribution in [0.5, 0.6) is 0 Å². The number of hydrogen-bond donors (Lipinski definition) is 2. The monoisotopic (exact) mass is 339 g/mol. The van der Waals surface area contributed by atoms with Gasteiger partial charge in [-0.15, -0.1) is 0 Å². The number of amides is 1. The molecule has 0 spiro atoms. The molecule has 1 amide bonds. The molecule has 1 saturated heterocycles. The number of amidine groups is 1. The summed E-state index contributed by atoms with van der Waals surface area (Å²) in [4.78, 5) is 14.2. The lowest BCUT2D eigenvalue weighted by molar-refractivity contribution is 0.0701. The molecule has 1 atom stereocenters. The lowest BCUT2D eigenvalue weighted by atomic mass is 9.96. The van der Waals surface area contributed by atoms with Crippen molar-refractivity contribution in [2.24, 2.45) is 16.8 Å². The minimum atomic E-state index is -0.0633. The lowest BCUT2D eigenvalue weighted by Gasteiger charge is -2.32. The first-order chi connectivity index (χ1) is 9.52. The van der Waals surface area contributed by atoms with Gasteiger partial charge in [-0.2, -0.15) is 0 Å². The summed E-state index contributed by atoms with van der Waals surface area (Å²) in [5.41, 5.74) is 7.39. The Kier molecular flexibility index (Phi) is 4.65. The summed E-state index contributed by atoms with van der Waals surface area (Å²) in [6.45, 7) is 3.19. The summed E-state index contributed by atoms with van der Waals surface area (Å²) in [5, 5.41) is 11.8. The van der Waals surface area contributed by atoms with Gasteiger partial charge in [0.2, 0.25) is 0 Å². The Balaban J connectivity index is 2.14. The number of carbonyl (C=O) groups is 1. The van der Waals surface area contributed by atoms with E-state index < -0.39 is 0 Å². The molecular weight excluding hydrogens is 322 g/mol. The molecule has 0 aromatic heterocycles. The van der Waals surface area contributed by atoms with E-state index in [1.807, 2.05) is 25.1 Å². The van der Waals surface area contributed by atoms with Crippen LogP contribution in [0.3, 0.4) is 0 Å². The molecule has 5 nitrogen and oxygen atoms in total. The Morgan fingerprint density at radius 1 is 1.55 bits per heavy atom. The highest BCUT2D eigenvalue weighted by Crippen LogP contribution is 2.22. The van der Waals surface area contributed by atoms with Gasteiger partial charge in [0.1, 0.15) is 5.84 Å². The number of aryl methyl sites for hydroxylation is 1. The molecule has 0 bridgehead atoms. The molecule has 0 saturated carbocycles. The van der Waals surface area contributed by atoms with E-state index in [0.29, 0.717) is 18.7 Å². The molecule has 20 heavy (non-hydrogen) atoms. The predicted octanol–water partition coefficient (Wildman–Crippen LogP) is 2.36. The van der Waals surface area contributed by atoms with E-state index in [4.69, 9.17) is 10.9 Å². The minimum absolute atomic E-state index is 0.0128. The third kappa shape index (κ3) is 3.12. The second-order valence-corrected chi connectivity index (χ2v) is 5.93. The molecular formula is C14H18BrN3O2. The van der Waals surface area contributed by atoms with Gasteiger partial charge in [-0.3, -0.25) is 4.79 Å². The van der Waals surface area contributed by atoms with Crippen molar-refractivity contribution in [3.05, 3.63) is 33.8 Å². The maximum atomic E-state index is 12.5. The smallest absolute Gasteiger partial charge is 0.253 e. The quantitative estimate of drug-likeness (QED) is 0.375. The molecule has 2 rings (SSSR count). The summed E-state index contributed by atoms with van der Waals surface area (Å²) in [7, 11) is 0. The van der Waals surface area contributed by atoms with Crippen molar-refractivity contribution in [2.75, 3.05) is 13.1 Å². The topological polar surface area (TPSA) is 78.9 Å². The molecule has 0 radical (unpaired) electrons. The number of hydrogen-bond acceptors (Lipinski definition) is 3. The molecule has 1 aliphatic rings. The number of benzene rings is 1. The van der Waals surface area contributed by atoms with Crippen LogP contribution in [0, 0.1) is 12.8 Å². The van der Waals surface area contributed by atoms with Gasteiger partial charge >= 0.3 is 0 Å². The van der Waals surface area contributed by atoms with Gasteiger partial charge in [-0.05, 0) is 37.5 Å². The summed E-state index contributed by atoms with van der Waals surface area (Å²) in [6.07, 6.45) is 1.71. The maximum Gasteiger partial charge on any atom is 0.253 e. The van der Waals surface area contributed by atoms with E-state index in [2.05, 4.69) is 21.1 Å². The van der Waals surface area contributed by atoms with Crippen LogP contribution in [0.1, 0.15) is 28.8 Å². The highest BCUT2D eigenvalue weighted by atomic mass is 79.9. The SMILES string of the molecule is Cc1ccc(C(=O)N2CCCC(/C(N)=N/O)C2)cc1Br. The molecule has 6 heteroatoms. The second-order valence-electron chi connectivity index (χ2n) is 5.08. The molecule has 1 heterocycles. The summed E-state index contributed by atoms with van der Waals surface area (Å²) in [5.74, 6) is 0.125. The third-order valence-corrected chi connectivity index (χ3v) is 4.52. The Bertz CT molecular complexity index is 545. The Hall–Kier alpha value is -1.56. The van der Waals surface area contributed by atoms with E-state index in [9.17, 15) is 4.79 Å². The average Bonchev–Trinajstić information content (AvgIpc) is 2.48. The molecule has 3 N–H and O–H groups in total. The van der Waals surface area contributed by atoms with E-state index >= 15 is 0 Å². The zero-order chi connectivity index (χ0) is 14.7. The van der Waals surface area contributed by atoms with Crippen LogP contribution in [0.25, 0.3) is 0 Å². The highest BCUT2D eigenvalue weighted by Gasteiger charge is 2.27. The Morgan fingerprint density at radius 2 is 2.30 bits per heavy atom. The van der Waals surface area contributed by atoms with E-state index in [1.165, 1.54) is 0 Å². The number of nitrogens with zero attached hydrogens (tertiary/aromatic N) is 2. The average molecular weight is 340 g/mol.